The van der Waals surface area contributed by atoms with Crippen LogP contribution in [0.4, 0.5) is 5.69 Å². The zero-order chi connectivity index (χ0) is 22.4. The lowest BCUT2D eigenvalue weighted by Gasteiger charge is -2.18. The molecule has 7 nitrogen and oxygen atoms in total. The highest BCUT2D eigenvalue weighted by Crippen LogP contribution is 2.29. The van der Waals surface area contributed by atoms with Gasteiger partial charge < -0.3 is 15.0 Å². The molecule has 0 saturated carbocycles. The minimum atomic E-state index is -0.508. The second-order valence-corrected chi connectivity index (χ2v) is 9.21. The molecule has 0 atom stereocenters. The largest absolute Gasteiger partial charge is 0.455 e. The molecule has 0 aliphatic carbocycles. The number of nitrogens with one attached hydrogen (secondary N) is 1. The SMILES string of the molecule is Cc1cccc(C)c1NC(=O)CN(C)C(=O)COC(=O)CSc1nc2ccccc2s1. The Kier molecular flexibility index (Phi) is 7.64. The van der Waals surface area contributed by atoms with Crippen molar-refractivity contribution in [3.8, 4) is 0 Å². The van der Waals surface area contributed by atoms with Gasteiger partial charge in [-0.1, -0.05) is 42.1 Å². The van der Waals surface area contributed by atoms with Crippen molar-refractivity contribution in [3.63, 3.8) is 0 Å². The van der Waals surface area contributed by atoms with Gasteiger partial charge in [0.25, 0.3) is 5.91 Å². The second kappa shape index (κ2) is 10.4. The molecule has 1 heterocycles. The van der Waals surface area contributed by atoms with Gasteiger partial charge in [-0.05, 0) is 37.1 Å². The van der Waals surface area contributed by atoms with E-state index < -0.39 is 18.5 Å². The highest BCUT2D eigenvalue weighted by molar-refractivity contribution is 8.01. The molecule has 2 aromatic carbocycles. The lowest BCUT2D eigenvalue weighted by Crippen LogP contribution is -2.37. The van der Waals surface area contributed by atoms with Crippen LogP contribution in [0.2, 0.25) is 0 Å². The summed E-state index contributed by atoms with van der Waals surface area (Å²) in [6.07, 6.45) is 0. The molecule has 0 fully saturated rings. The third-order valence-electron chi connectivity index (χ3n) is 4.50. The van der Waals surface area contributed by atoms with Gasteiger partial charge in [0.2, 0.25) is 5.91 Å². The average molecular weight is 458 g/mol. The first-order valence-corrected chi connectivity index (χ1v) is 11.4. The number of esters is 1. The maximum atomic E-state index is 12.3. The Labute approximate surface area is 188 Å². The van der Waals surface area contributed by atoms with Crippen LogP contribution < -0.4 is 5.32 Å². The van der Waals surface area contributed by atoms with E-state index >= 15 is 0 Å². The molecule has 0 bridgehead atoms. The van der Waals surface area contributed by atoms with Crippen molar-refractivity contribution in [1.29, 1.82) is 0 Å². The van der Waals surface area contributed by atoms with Crippen LogP contribution in [0.15, 0.2) is 46.8 Å². The van der Waals surface area contributed by atoms with Crippen molar-refractivity contribution >= 4 is 56.8 Å². The molecule has 0 spiro atoms. The van der Waals surface area contributed by atoms with Crippen LogP contribution in [-0.4, -0.2) is 53.6 Å². The Morgan fingerprint density at radius 2 is 1.81 bits per heavy atom. The molecule has 3 rings (SSSR count). The molecule has 9 heteroatoms. The van der Waals surface area contributed by atoms with Crippen molar-refractivity contribution < 1.29 is 19.1 Å². The lowest BCUT2D eigenvalue weighted by molar-refractivity contribution is -0.149. The smallest absolute Gasteiger partial charge is 0.316 e. The zero-order valence-corrected chi connectivity index (χ0v) is 19.1. The standard InChI is InChI=1S/C22H23N3O4S2/c1-14-7-6-8-15(2)21(14)24-18(26)11-25(3)19(27)12-29-20(28)13-30-22-23-16-9-4-5-10-17(16)31-22/h4-10H,11-13H2,1-3H3,(H,24,26). The van der Waals surface area contributed by atoms with Crippen molar-refractivity contribution in [1.82, 2.24) is 9.88 Å². The minimum Gasteiger partial charge on any atom is -0.455 e. The third-order valence-corrected chi connectivity index (χ3v) is 6.65. The van der Waals surface area contributed by atoms with E-state index in [0.29, 0.717) is 0 Å². The van der Waals surface area contributed by atoms with E-state index in [1.807, 2.05) is 56.3 Å². The lowest BCUT2D eigenvalue weighted by atomic mass is 10.1. The maximum absolute atomic E-state index is 12.3. The fraction of sp³-hybridized carbons (Fsp3) is 0.273. The number of anilines is 1. The van der Waals surface area contributed by atoms with Crippen LogP contribution >= 0.6 is 23.1 Å². The monoisotopic (exact) mass is 457 g/mol. The zero-order valence-electron chi connectivity index (χ0n) is 17.5. The summed E-state index contributed by atoms with van der Waals surface area (Å²) in [5, 5.41) is 2.83. The normalized spacial score (nSPS) is 10.7. The number of carbonyl (C=O) groups excluding carboxylic acids is 3. The van der Waals surface area contributed by atoms with Crippen LogP contribution in [0.25, 0.3) is 10.2 Å². The fourth-order valence-electron chi connectivity index (χ4n) is 2.82. The summed E-state index contributed by atoms with van der Waals surface area (Å²) < 4.78 is 6.87. The van der Waals surface area contributed by atoms with Gasteiger partial charge in [-0.25, -0.2) is 4.98 Å². The van der Waals surface area contributed by atoms with Gasteiger partial charge in [0.15, 0.2) is 10.9 Å². The van der Waals surface area contributed by atoms with Gasteiger partial charge in [0.05, 0.1) is 22.5 Å². The Morgan fingerprint density at radius 3 is 2.52 bits per heavy atom. The molecule has 0 saturated heterocycles. The molecular formula is C22H23N3O4S2. The van der Waals surface area contributed by atoms with E-state index in [1.54, 1.807) is 0 Å². The molecule has 3 aromatic rings. The molecule has 162 valence electrons. The first kappa shape index (κ1) is 22.8. The van der Waals surface area contributed by atoms with Crippen LogP contribution in [-0.2, 0) is 19.1 Å². The van der Waals surface area contributed by atoms with Crippen LogP contribution in [0.3, 0.4) is 0 Å². The number of hydrogen-bond acceptors (Lipinski definition) is 7. The fourth-order valence-corrected chi connectivity index (χ4v) is 4.69. The number of nitrogens with zero attached hydrogens (tertiary/aromatic N) is 2. The highest BCUT2D eigenvalue weighted by atomic mass is 32.2. The Morgan fingerprint density at radius 1 is 1.10 bits per heavy atom. The molecule has 0 radical (unpaired) electrons. The van der Waals surface area contributed by atoms with E-state index in [4.69, 9.17) is 4.74 Å². The number of carbonyl (C=O) groups is 3. The van der Waals surface area contributed by atoms with Crippen LogP contribution in [0, 0.1) is 13.8 Å². The molecular weight excluding hydrogens is 434 g/mol. The summed E-state index contributed by atoms with van der Waals surface area (Å²) in [5.41, 5.74) is 3.52. The molecule has 0 unspecified atom stereocenters. The average Bonchev–Trinajstić information content (AvgIpc) is 3.16. The number of likely N-dealkylation sites (N-methyl/N-ethyl adjacent to an activating group) is 1. The number of hydrogen-bond donors (Lipinski definition) is 1. The first-order chi connectivity index (χ1) is 14.8. The summed E-state index contributed by atoms with van der Waals surface area (Å²) in [6.45, 7) is 3.27. The van der Waals surface area contributed by atoms with E-state index in [-0.39, 0.29) is 18.2 Å². The van der Waals surface area contributed by atoms with Crippen molar-refractivity contribution in [2.24, 2.45) is 0 Å². The number of aromatic nitrogens is 1. The second-order valence-electron chi connectivity index (χ2n) is 6.96. The van der Waals surface area contributed by atoms with Crippen LogP contribution in [0.5, 0.6) is 0 Å². The third kappa shape index (κ3) is 6.28. The molecule has 2 amide bonds. The van der Waals surface area contributed by atoms with Gasteiger partial charge >= 0.3 is 5.97 Å². The van der Waals surface area contributed by atoms with Crippen molar-refractivity contribution in [2.75, 3.05) is 31.3 Å². The summed E-state index contributed by atoms with van der Waals surface area (Å²) in [7, 11) is 1.50. The summed E-state index contributed by atoms with van der Waals surface area (Å²) in [4.78, 5) is 42.1. The Hall–Kier alpha value is -2.91. The van der Waals surface area contributed by atoms with Gasteiger partial charge in [-0.2, -0.15) is 0 Å². The van der Waals surface area contributed by atoms with E-state index in [2.05, 4.69) is 10.3 Å². The van der Waals surface area contributed by atoms with Gasteiger partial charge in [0.1, 0.15) is 0 Å². The van der Waals surface area contributed by atoms with E-state index in [0.717, 1.165) is 31.4 Å². The van der Waals surface area contributed by atoms with Crippen molar-refractivity contribution in [2.45, 2.75) is 18.2 Å². The molecule has 1 aromatic heterocycles. The number of ether oxygens (including phenoxy) is 1. The van der Waals surface area contributed by atoms with Gasteiger partial charge in [-0.3, -0.25) is 14.4 Å². The number of benzene rings is 2. The molecule has 1 N–H and O–H groups in total. The maximum Gasteiger partial charge on any atom is 0.316 e. The van der Waals surface area contributed by atoms with E-state index in [9.17, 15) is 14.4 Å². The van der Waals surface area contributed by atoms with Gasteiger partial charge in [0, 0.05) is 12.7 Å². The number of thioether (sulfide) groups is 1. The number of aryl methyl sites for hydroxylation is 2. The first-order valence-electron chi connectivity index (χ1n) is 9.57. The topological polar surface area (TPSA) is 88.6 Å². The summed E-state index contributed by atoms with van der Waals surface area (Å²) in [5.74, 6) is -1.21. The summed E-state index contributed by atoms with van der Waals surface area (Å²) >= 11 is 2.78. The molecule has 0 aliphatic rings. The molecule has 31 heavy (non-hydrogen) atoms. The minimum absolute atomic E-state index is 0.0594. The van der Waals surface area contributed by atoms with E-state index in [1.165, 1.54) is 35.0 Å². The Bertz CT molecular complexity index is 1060. The number of fused-ring (bicyclic) bond motifs is 1. The quantitative estimate of drug-likeness (QED) is 0.410. The van der Waals surface area contributed by atoms with Crippen LogP contribution in [0.1, 0.15) is 11.1 Å². The predicted molar refractivity (Wildman–Crippen MR) is 123 cm³/mol. The summed E-state index contributed by atoms with van der Waals surface area (Å²) in [6, 6.07) is 13.5. The van der Waals surface area contributed by atoms with Crippen molar-refractivity contribution in [3.05, 3.63) is 53.6 Å². The number of rotatable bonds is 8. The molecule has 0 aliphatic heterocycles. The Balaban J connectivity index is 1.41. The predicted octanol–water partition coefficient (Wildman–Crippen LogP) is 3.65. The number of thiazole rings is 1. The highest BCUT2D eigenvalue weighted by Gasteiger charge is 2.17. The number of amides is 2. The van der Waals surface area contributed by atoms with Gasteiger partial charge in [-0.15, -0.1) is 11.3 Å². The number of para-hydroxylation sites is 2.